The van der Waals surface area contributed by atoms with Crippen LogP contribution in [0, 0.1) is 6.92 Å². The standard InChI is InChI=1S/C24H32N4O2S/c1-4-27(5-2)15-10-9-14-25-20(29)13-16-28-17-26-23-22(24(28)30)21(18(3)31-23)19-11-7-6-8-12-19/h6-8,11-12,17H,4-5,9-10,13-16H2,1-3H3,(H,25,29). The molecule has 0 saturated carbocycles. The van der Waals surface area contributed by atoms with E-state index in [4.69, 9.17) is 0 Å². The van der Waals surface area contributed by atoms with Gasteiger partial charge in [-0.25, -0.2) is 4.98 Å². The van der Waals surface area contributed by atoms with Crippen molar-refractivity contribution in [3.8, 4) is 11.1 Å². The van der Waals surface area contributed by atoms with Crippen molar-refractivity contribution >= 4 is 27.5 Å². The molecule has 166 valence electrons. The topological polar surface area (TPSA) is 67.2 Å². The molecule has 0 aliphatic carbocycles. The molecule has 0 unspecified atom stereocenters. The Labute approximate surface area is 187 Å². The van der Waals surface area contributed by atoms with E-state index >= 15 is 0 Å². The number of unbranched alkanes of at least 4 members (excludes halogenated alkanes) is 1. The molecular weight excluding hydrogens is 408 g/mol. The number of amides is 1. The Balaban J connectivity index is 1.60. The highest BCUT2D eigenvalue weighted by molar-refractivity contribution is 7.19. The summed E-state index contributed by atoms with van der Waals surface area (Å²) in [5, 5.41) is 3.62. The van der Waals surface area contributed by atoms with Gasteiger partial charge in [-0.2, -0.15) is 0 Å². The van der Waals surface area contributed by atoms with Crippen molar-refractivity contribution in [1.29, 1.82) is 0 Å². The fourth-order valence-electron chi connectivity index (χ4n) is 3.79. The summed E-state index contributed by atoms with van der Waals surface area (Å²) in [4.78, 5) is 34.1. The molecule has 1 amide bonds. The summed E-state index contributed by atoms with van der Waals surface area (Å²) < 4.78 is 1.56. The first-order chi connectivity index (χ1) is 15.0. The van der Waals surface area contributed by atoms with Crippen molar-refractivity contribution < 1.29 is 4.79 Å². The third kappa shape index (κ3) is 5.80. The molecule has 0 atom stereocenters. The molecular formula is C24H32N4O2S. The monoisotopic (exact) mass is 440 g/mol. The van der Waals surface area contributed by atoms with Crippen LogP contribution < -0.4 is 10.9 Å². The molecule has 7 heteroatoms. The fourth-order valence-corrected chi connectivity index (χ4v) is 4.79. The Morgan fingerprint density at radius 1 is 1.16 bits per heavy atom. The third-order valence-corrected chi connectivity index (χ3v) is 6.63. The first-order valence-electron chi connectivity index (χ1n) is 11.1. The molecule has 2 aromatic heterocycles. The number of benzene rings is 1. The molecule has 31 heavy (non-hydrogen) atoms. The van der Waals surface area contributed by atoms with Crippen molar-refractivity contribution in [2.75, 3.05) is 26.2 Å². The number of carbonyl (C=O) groups excluding carboxylic acids is 1. The van der Waals surface area contributed by atoms with Gasteiger partial charge >= 0.3 is 0 Å². The maximum absolute atomic E-state index is 13.2. The SMILES string of the molecule is CCN(CC)CCCCNC(=O)CCn1cnc2sc(C)c(-c3ccccc3)c2c1=O. The van der Waals surface area contributed by atoms with Gasteiger partial charge in [-0.1, -0.05) is 44.2 Å². The minimum atomic E-state index is -0.0831. The van der Waals surface area contributed by atoms with Crippen LogP contribution in [0.15, 0.2) is 41.5 Å². The predicted octanol–water partition coefficient (Wildman–Crippen LogP) is 4.06. The lowest BCUT2D eigenvalue weighted by Gasteiger charge is -2.17. The predicted molar refractivity (Wildman–Crippen MR) is 129 cm³/mol. The summed E-state index contributed by atoms with van der Waals surface area (Å²) in [6, 6.07) is 9.93. The van der Waals surface area contributed by atoms with Crippen molar-refractivity contribution in [1.82, 2.24) is 19.8 Å². The van der Waals surface area contributed by atoms with E-state index in [1.165, 1.54) is 11.3 Å². The zero-order valence-electron chi connectivity index (χ0n) is 18.7. The number of aromatic nitrogens is 2. The molecule has 3 aromatic rings. The maximum atomic E-state index is 13.2. The summed E-state index contributed by atoms with van der Waals surface area (Å²) in [6.45, 7) is 10.5. The lowest BCUT2D eigenvalue weighted by atomic mass is 10.0. The molecule has 0 aliphatic heterocycles. The van der Waals surface area contributed by atoms with Crippen molar-refractivity contribution in [2.45, 2.75) is 46.6 Å². The molecule has 2 heterocycles. The molecule has 0 radical (unpaired) electrons. The van der Waals surface area contributed by atoms with Gasteiger partial charge in [0.15, 0.2) is 0 Å². The zero-order valence-corrected chi connectivity index (χ0v) is 19.5. The van der Waals surface area contributed by atoms with Crippen LogP contribution in [0.4, 0.5) is 0 Å². The number of hydrogen-bond donors (Lipinski definition) is 1. The van der Waals surface area contributed by atoms with Gasteiger partial charge in [0.2, 0.25) is 5.91 Å². The van der Waals surface area contributed by atoms with Crippen LogP contribution in [0.5, 0.6) is 0 Å². The minimum Gasteiger partial charge on any atom is -0.356 e. The average molecular weight is 441 g/mol. The highest BCUT2D eigenvalue weighted by Gasteiger charge is 2.17. The molecule has 1 N–H and O–H groups in total. The van der Waals surface area contributed by atoms with Crippen molar-refractivity contribution in [3.63, 3.8) is 0 Å². The number of thiophene rings is 1. The highest BCUT2D eigenvalue weighted by Crippen LogP contribution is 2.35. The van der Waals surface area contributed by atoms with Gasteiger partial charge in [0.05, 0.1) is 11.7 Å². The largest absolute Gasteiger partial charge is 0.356 e. The number of rotatable bonds is 11. The van der Waals surface area contributed by atoms with E-state index in [0.717, 1.165) is 53.3 Å². The molecule has 0 saturated heterocycles. The average Bonchev–Trinajstić information content (AvgIpc) is 3.13. The van der Waals surface area contributed by atoms with Gasteiger partial charge in [-0.3, -0.25) is 14.2 Å². The Morgan fingerprint density at radius 2 is 1.90 bits per heavy atom. The lowest BCUT2D eigenvalue weighted by molar-refractivity contribution is -0.121. The lowest BCUT2D eigenvalue weighted by Crippen LogP contribution is -2.29. The molecule has 0 spiro atoms. The second-order valence-corrected chi connectivity index (χ2v) is 8.86. The van der Waals surface area contributed by atoms with E-state index in [9.17, 15) is 9.59 Å². The second-order valence-electron chi connectivity index (χ2n) is 7.66. The fraction of sp³-hybridized carbons (Fsp3) is 0.458. The first kappa shape index (κ1) is 23.2. The van der Waals surface area contributed by atoms with E-state index < -0.39 is 0 Å². The van der Waals surface area contributed by atoms with Crippen LogP contribution in [-0.4, -0.2) is 46.5 Å². The van der Waals surface area contributed by atoms with E-state index in [1.807, 2.05) is 37.3 Å². The molecule has 3 rings (SSSR count). The Morgan fingerprint density at radius 3 is 2.61 bits per heavy atom. The van der Waals surface area contributed by atoms with Gasteiger partial charge in [0.25, 0.3) is 5.56 Å². The van der Waals surface area contributed by atoms with Gasteiger partial charge in [-0.15, -0.1) is 11.3 Å². The van der Waals surface area contributed by atoms with Gasteiger partial charge in [-0.05, 0) is 45.0 Å². The van der Waals surface area contributed by atoms with Gasteiger partial charge in [0.1, 0.15) is 4.83 Å². The van der Waals surface area contributed by atoms with Crippen LogP contribution in [0.25, 0.3) is 21.3 Å². The molecule has 0 aliphatic rings. The second kappa shape index (κ2) is 11.2. The molecule has 0 bridgehead atoms. The van der Waals surface area contributed by atoms with Crippen LogP contribution in [-0.2, 0) is 11.3 Å². The Bertz CT molecular complexity index is 1050. The quantitative estimate of drug-likeness (QED) is 0.457. The minimum absolute atomic E-state index is 0.0281. The number of fused-ring (bicyclic) bond motifs is 1. The summed E-state index contributed by atoms with van der Waals surface area (Å²) in [5.74, 6) is -0.0281. The summed E-state index contributed by atoms with van der Waals surface area (Å²) in [7, 11) is 0. The number of carbonyl (C=O) groups is 1. The van der Waals surface area contributed by atoms with E-state index in [2.05, 4.69) is 29.0 Å². The van der Waals surface area contributed by atoms with Crippen LogP contribution in [0.1, 0.15) is 38.0 Å². The van der Waals surface area contributed by atoms with Crippen LogP contribution >= 0.6 is 11.3 Å². The van der Waals surface area contributed by atoms with E-state index in [-0.39, 0.29) is 17.9 Å². The number of nitrogens with one attached hydrogen (secondary N) is 1. The van der Waals surface area contributed by atoms with Crippen molar-refractivity contribution in [2.24, 2.45) is 0 Å². The number of aryl methyl sites for hydroxylation is 2. The van der Waals surface area contributed by atoms with E-state index in [0.29, 0.717) is 18.5 Å². The summed E-state index contributed by atoms with van der Waals surface area (Å²) in [6.07, 6.45) is 3.87. The smallest absolute Gasteiger partial charge is 0.262 e. The third-order valence-electron chi connectivity index (χ3n) is 5.61. The first-order valence-corrected chi connectivity index (χ1v) is 11.9. The molecule has 1 aromatic carbocycles. The summed E-state index contributed by atoms with van der Waals surface area (Å²) >= 11 is 1.53. The van der Waals surface area contributed by atoms with Crippen LogP contribution in [0.3, 0.4) is 0 Å². The Kier molecular flexibility index (Phi) is 8.37. The maximum Gasteiger partial charge on any atom is 0.262 e. The zero-order chi connectivity index (χ0) is 22.2. The highest BCUT2D eigenvalue weighted by atomic mass is 32.1. The van der Waals surface area contributed by atoms with Crippen LogP contribution in [0.2, 0.25) is 0 Å². The molecule has 6 nitrogen and oxygen atoms in total. The summed E-state index contributed by atoms with van der Waals surface area (Å²) in [5.41, 5.74) is 1.88. The number of hydrogen-bond acceptors (Lipinski definition) is 5. The Hall–Kier alpha value is -2.51. The normalized spacial score (nSPS) is 11.4. The molecule has 0 fully saturated rings. The van der Waals surface area contributed by atoms with Gasteiger partial charge in [0, 0.05) is 30.0 Å². The van der Waals surface area contributed by atoms with Crippen molar-refractivity contribution in [3.05, 3.63) is 51.9 Å². The van der Waals surface area contributed by atoms with E-state index in [1.54, 1.807) is 10.9 Å². The van der Waals surface area contributed by atoms with Gasteiger partial charge < -0.3 is 10.2 Å². The number of nitrogens with zero attached hydrogens (tertiary/aromatic N) is 3.